The fraction of sp³-hybridized carbons (Fsp3) is 0.350. The van der Waals surface area contributed by atoms with E-state index in [1.807, 2.05) is 6.08 Å². The Balaban J connectivity index is 0.00000200. The van der Waals surface area contributed by atoms with Gasteiger partial charge >= 0.3 is 0 Å². The maximum Gasteiger partial charge on any atom is -0.0115 e. The second-order valence-corrected chi connectivity index (χ2v) is 5.34. The molecule has 0 heteroatoms. The SMILES string of the molecule is C.C/C=C(/C)C=C=CC1=C(C)CCc2cc(C)ccc21. The van der Waals surface area contributed by atoms with Crippen molar-refractivity contribution in [1.29, 1.82) is 0 Å². The summed E-state index contributed by atoms with van der Waals surface area (Å²) in [7, 11) is 0. The second kappa shape index (κ2) is 7.12. The van der Waals surface area contributed by atoms with Crippen LogP contribution in [-0.2, 0) is 6.42 Å². The fourth-order valence-electron chi connectivity index (χ4n) is 2.42. The molecule has 0 radical (unpaired) electrons. The fourth-order valence-corrected chi connectivity index (χ4v) is 2.42. The minimum atomic E-state index is 0. The molecule has 0 fully saturated rings. The normalized spacial score (nSPS) is 14.1. The molecule has 20 heavy (non-hydrogen) atoms. The van der Waals surface area contributed by atoms with Gasteiger partial charge in [-0.3, -0.25) is 0 Å². The van der Waals surface area contributed by atoms with E-state index in [0.29, 0.717) is 0 Å². The lowest BCUT2D eigenvalue weighted by atomic mass is 9.85. The zero-order chi connectivity index (χ0) is 13.8. The molecule has 0 saturated carbocycles. The van der Waals surface area contributed by atoms with Crippen LogP contribution in [0.4, 0.5) is 0 Å². The molecule has 1 aliphatic carbocycles. The van der Waals surface area contributed by atoms with Gasteiger partial charge in [-0.2, -0.15) is 0 Å². The van der Waals surface area contributed by atoms with Crippen molar-refractivity contribution in [3.8, 4) is 0 Å². The Morgan fingerprint density at radius 2 is 1.95 bits per heavy atom. The van der Waals surface area contributed by atoms with Crippen LogP contribution in [-0.4, -0.2) is 0 Å². The van der Waals surface area contributed by atoms with Crippen LogP contribution in [0.25, 0.3) is 5.57 Å². The molecule has 0 heterocycles. The molecule has 0 amide bonds. The zero-order valence-corrected chi connectivity index (χ0v) is 12.4. The van der Waals surface area contributed by atoms with Crippen molar-refractivity contribution in [3.63, 3.8) is 0 Å². The molecule has 0 bridgehead atoms. The smallest absolute Gasteiger partial charge is 0.0115 e. The van der Waals surface area contributed by atoms with E-state index in [1.165, 1.54) is 33.4 Å². The first-order valence-corrected chi connectivity index (χ1v) is 6.97. The molecule has 1 aromatic carbocycles. The molecule has 0 N–H and O–H groups in total. The van der Waals surface area contributed by atoms with Crippen molar-refractivity contribution < 1.29 is 0 Å². The molecular formula is C20H26. The molecule has 106 valence electrons. The van der Waals surface area contributed by atoms with Crippen LogP contribution in [0.5, 0.6) is 0 Å². The molecule has 0 aliphatic heterocycles. The van der Waals surface area contributed by atoms with Crippen LogP contribution in [0.2, 0.25) is 0 Å². The topological polar surface area (TPSA) is 0 Å². The van der Waals surface area contributed by atoms with E-state index >= 15 is 0 Å². The summed E-state index contributed by atoms with van der Waals surface area (Å²) in [5, 5.41) is 0. The Kier molecular flexibility index (Phi) is 5.80. The number of aryl methyl sites for hydroxylation is 2. The van der Waals surface area contributed by atoms with E-state index in [4.69, 9.17) is 0 Å². The van der Waals surface area contributed by atoms with Crippen LogP contribution in [0.15, 0.2) is 53.3 Å². The van der Waals surface area contributed by atoms with Gasteiger partial charge < -0.3 is 0 Å². The lowest BCUT2D eigenvalue weighted by molar-refractivity contribution is 0.918. The first-order chi connectivity index (χ1) is 9.11. The minimum Gasteiger partial charge on any atom is -0.120 e. The van der Waals surface area contributed by atoms with Gasteiger partial charge in [0.05, 0.1) is 0 Å². The predicted molar refractivity (Wildman–Crippen MR) is 90.9 cm³/mol. The molecule has 0 aromatic heterocycles. The van der Waals surface area contributed by atoms with Gasteiger partial charge in [0.15, 0.2) is 0 Å². The van der Waals surface area contributed by atoms with E-state index in [1.54, 1.807) is 0 Å². The summed E-state index contributed by atoms with van der Waals surface area (Å²) in [6, 6.07) is 6.77. The summed E-state index contributed by atoms with van der Waals surface area (Å²) < 4.78 is 0. The van der Waals surface area contributed by atoms with E-state index in [2.05, 4.69) is 63.8 Å². The number of rotatable bonds is 2. The third-order valence-electron chi connectivity index (χ3n) is 3.77. The standard InChI is InChI=1S/C19H22.CH4/c1-5-14(2)7-6-8-18-16(4)10-11-17-13-15(3)9-12-19(17)18;/h5,7-9,12-13H,10-11H2,1-4H3;1H4/b14-5-;. The molecule has 0 unspecified atom stereocenters. The van der Waals surface area contributed by atoms with E-state index < -0.39 is 0 Å². The van der Waals surface area contributed by atoms with Gasteiger partial charge in [0.2, 0.25) is 0 Å². The highest BCUT2D eigenvalue weighted by molar-refractivity contribution is 5.79. The van der Waals surface area contributed by atoms with E-state index in [0.717, 1.165) is 12.8 Å². The van der Waals surface area contributed by atoms with Crippen LogP contribution >= 0.6 is 0 Å². The number of benzene rings is 1. The van der Waals surface area contributed by atoms with Crippen molar-refractivity contribution in [2.75, 3.05) is 0 Å². The maximum absolute atomic E-state index is 3.32. The third kappa shape index (κ3) is 3.62. The van der Waals surface area contributed by atoms with Crippen molar-refractivity contribution in [2.24, 2.45) is 0 Å². The molecule has 0 saturated heterocycles. The maximum atomic E-state index is 3.32. The Morgan fingerprint density at radius 1 is 1.20 bits per heavy atom. The largest absolute Gasteiger partial charge is 0.120 e. The molecular weight excluding hydrogens is 240 g/mol. The average molecular weight is 266 g/mol. The van der Waals surface area contributed by atoms with Crippen molar-refractivity contribution >= 4 is 5.57 Å². The Labute approximate surface area is 124 Å². The summed E-state index contributed by atoms with van der Waals surface area (Å²) >= 11 is 0. The van der Waals surface area contributed by atoms with Crippen LogP contribution in [0.1, 0.15) is 51.3 Å². The van der Waals surface area contributed by atoms with Crippen LogP contribution < -0.4 is 0 Å². The first kappa shape index (κ1) is 16.3. The Hall–Kier alpha value is -1.78. The zero-order valence-electron chi connectivity index (χ0n) is 12.4. The number of allylic oxidation sites excluding steroid dienone is 5. The van der Waals surface area contributed by atoms with E-state index in [-0.39, 0.29) is 7.43 Å². The molecule has 0 spiro atoms. The van der Waals surface area contributed by atoms with Gasteiger partial charge in [-0.25, -0.2) is 0 Å². The van der Waals surface area contributed by atoms with Crippen molar-refractivity contribution in [2.45, 2.75) is 48.0 Å². The quantitative estimate of drug-likeness (QED) is 0.453. The summed E-state index contributed by atoms with van der Waals surface area (Å²) in [6.07, 6.45) is 8.60. The lowest BCUT2D eigenvalue weighted by Gasteiger charge is -2.19. The van der Waals surface area contributed by atoms with Gasteiger partial charge in [0, 0.05) is 0 Å². The highest BCUT2D eigenvalue weighted by Gasteiger charge is 2.14. The summed E-state index contributed by atoms with van der Waals surface area (Å²) in [4.78, 5) is 0. The number of fused-ring (bicyclic) bond motifs is 1. The highest BCUT2D eigenvalue weighted by Crippen LogP contribution is 2.32. The molecule has 0 nitrogen and oxygen atoms in total. The monoisotopic (exact) mass is 266 g/mol. The van der Waals surface area contributed by atoms with Gasteiger partial charge in [-0.1, -0.05) is 42.8 Å². The summed E-state index contributed by atoms with van der Waals surface area (Å²) in [5.41, 5.74) is 11.6. The first-order valence-electron chi connectivity index (χ1n) is 6.97. The van der Waals surface area contributed by atoms with Gasteiger partial charge in [-0.05, 0) is 75.0 Å². The van der Waals surface area contributed by atoms with Gasteiger partial charge in [0.1, 0.15) is 0 Å². The molecule has 1 aliphatic rings. The molecule has 1 aromatic rings. The highest BCUT2D eigenvalue weighted by atomic mass is 14.2. The average Bonchev–Trinajstić information content (AvgIpc) is 2.41. The lowest BCUT2D eigenvalue weighted by Crippen LogP contribution is -2.02. The Bertz CT molecular complexity index is 603. The van der Waals surface area contributed by atoms with E-state index in [9.17, 15) is 0 Å². The summed E-state index contributed by atoms with van der Waals surface area (Å²) in [5.74, 6) is 0. The van der Waals surface area contributed by atoms with Crippen LogP contribution in [0, 0.1) is 6.92 Å². The van der Waals surface area contributed by atoms with Crippen molar-refractivity contribution in [1.82, 2.24) is 0 Å². The number of hydrogen-bond acceptors (Lipinski definition) is 0. The van der Waals surface area contributed by atoms with Gasteiger partial charge in [0.25, 0.3) is 0 Å². The molecule has 2 rings (SSSR count). The predicted octanol–water partition coefficient (Wildman–Crippen LogP) is 6.03. The molecule has 0 atom stereocenters. The second-order valence-electron chi connectivity index (χ2n) is 5.34. The third-order valence-corrected chi connectivity index (χ3v) is 3.77. The summed E-state index contributed by atoms with van der Waals surface area (Å²) in [6.45, 7) is 8.55. The minimum absolute atomic E-state index is 0. The van der Waals surface area contributed by atoms with Gasteiger partial charge in [-0.15, -0.1) is 5.73 Å². The van der Waals surface area contributed by atoms with Crippen LogP contribution in [0.3, 0.4) is 0 Å². The van der Waals surface area contributed by atoms with Crippen molar-refractivity contribution in [3.05, 3.63) is 70.0 Å². The number of hydrogen-bond donors (Lipinski definition) is 0. The Morgan fingerprint density at radius 3 is 2.65 bits per heavy atom.